The van der Waals surface area contributed by atoms with E-state index < -0.39 is 6.67 Å². The van der Waals surface area contributed by atoms with Crippen LogP contribution in [0.2, 0.25) is 0 Å². The number of hydrogen-bond donors (Lipinski definition) is 2. The summed E-state index contributed by atoms with van der Waals surface area (Å²) in [6.45, 7) is -0.464. The molecule has 0 aromatic heterocycles. The van der Waals surface area contributed by atoms with E-state index in [9.17, 15) is 4.39 Å². The van der Waals surface area contributed by atoms with Crippen LogP contribution in [0.1, 0.15) is 5.56 Å². The van der Waals surface area contributed by atoms with Crippen molar-refractivity contribution in [2.45, 2.75) is 0 Å². The second-order valence-corrected chi connectivity index (χ2v) is 5.46. The molecule has 0 aliphatic carbocycles. The minimum Gasteiger partial charge on any atom is -0.491 e. The van der Waals surface area contributed by atoms with E-state index in [1.807, 2.05) is 25.2 Å². The van der Waals surface area contributed by atoms with Crippen molar-refractivity contribution in [1.82, 2.24) is 0 Å². The predicted octanol–water partition coefficient (Wildman–Crippen LogP) is 2.64. The number of nitrogens with two attached hydrogens (primary N) is 1. The summed E-state index contributed by atoms with van der Waals surface area (Å²) in [7, 11) is 4.51. The maximum Gasteiger partial charge on any atom is 0.132 e. The number of amidine groups is 1. The zero-order chi connectivity index (χ0) is 17.4. The molecule has 5 nitrogen and oxygen atoms in total. The van der Waals surface area contributed by atoms with Crippen molar-refractivity contribution in [3.8, 4) is 5.75 Å². The molecule has 0 aliphatic rings. The van der Waals surface area contributed by atoms with Gasteiger partial charge < -0.3 is 15.8 Å². The van der Waals surface area contributed by atoms with E-state index in [2.05, 4.69) is 24.5 Å². The fraction of sp³-hybridized carbons (Fsp3) is 0.176. The molecule has 0 bridgehead atoms. The Morgan fingerprint density at radius 2 is 2.04 bits per heavy atom. The van der Waals surface area contributed by atoms with E-state index in [0.717, 1.165) is 16.6 Å². The van der Waals surface area contributed by atoms with Gasteiger partial charge in [0.15, 0.2) is 0 Å². The Bertz CT molecular complexity index is 732. The van der Waals surface area contributed by atoms with Gasteiger partial charge in [0.05, 0.1) is 5.69 Å². The Morgan fingerprint density at radius 3 is 2.67 bits per heavy atom. The molecule has 2 aromatic carbocycles. The van der Waals surface area contributed by atoms with Crippen LogP contribution >= 0.6 is 9.24 Å². The zero-order valence-electron chi connectivity index (χ0n) is 13.4. The Morgan fingerprint density at radius 1 is 1.29 bits per heavy atom. The van der Waals surface area contributed by atoms with Gasteiger partial charge in [-0.05, 0) is 47.8 Å². The summed E-state index contributed by atoms with van der Waals surface area (Å²) in [6.07, 6.45) is 1.40. The summed E-state index contributed by atoms with van der Waals surface area (Å²) >= 11 is 0. The van der Waals surface area contributed by atoms with Gasteiger partial charge in [-0.25, -0.2) is 14.4 Å². The van der Waals surface area contributed by atoms with Gasteiger partial charge >= 0.3 is 0 Å². The quantitative estimate of drug-likeness (QED) is 0.460. The van der Waals surface area contributed by atoms with Crippen LogP contribution in [0.5, 0.6) is 5.75 Å². The van der Waals surface area contributed by atoms with Gasteiger partial charge in [-0.2, -0.15) is 0 Å². The lowest BCUT2D eigenvalue weighted by atomic mass is 10.2. The smallest absolute Gasteiger partial charge is 0.132 e. The summed E-state index contributed by atoms with van der Waals surface area (Å²) in [6, 6.07) is 12.7. The average molecular weight is 346 g/mol. The molecule has 0 saturated heterocycles. The number of nitrogens with one attached hydrogen (secondary N) is 1. The first kappa shape index (κ1) is 17.9. The maximum atomic E-state index is 12.0. The molecule has 0 radical (unpaired) electrons. The third kappa shape index (κ3) is 5.03. The lowest BCUT2D eigenvalue weighted by Crippen LogP contribution is -2.15. The molecule has 1 atom stereocenters. The van der Waals surface area contributed by atoms with Crippen LogP contribution in [0.15, 0.2) is 52.4 Å². The number of benzene rings is 2. The Kier molecular flexibility index (Phi) is 6.70. The van der Waals surface area contributed by atoms with Crippen LogP contribution in [0.4, 0.5) is 15.8 Å². The van der Waals surface area contributed by atoms with Gasteiger partial charge in [0, 0.05) is 18.3 Å². The molecule has 126 valence electrons. The van der Waals surface area contributed by atoms with Crippen LogP contribution in [-0.2, 0) is 0 Å². The molecule has 0 aliphatic heterocycles. The number of halogens is 1. The number of hydrogen-bond acceptors (Lipinski definition) is 3. The second-order valence-electron chi connectivity index (χ2n) is 4.84. The summed E-state index contributed by atoms with van der Waals surface area (Å²) in [4.78, 5) is 8.36. The van der Waals surface area contributed by atoms with Crippen molar-refractivity contribution in [2.75, 3.05) is 25.6 Å². The Hall–Kier alpha value is -2.46. The van der Waals surface area contributed by atoms with Crippen molar-refractivity contribution < 1.29 is 9.13 Å². The second kappa shape index (κ2) is 8.99. The molecule has 0 spiro atoms. The number of rotatable bonds is 7. The molecule has 1 unspecified atom stereocenters. The molecular weight excluding hydrogens is 326 g/mol. The van der Waals surface area contributed by atoms with Crippen molar-refractivity contribution >= 4 is 38.1 Å². The molecule has 0 heterocycles. The average Bonchev–Trinajstić information content (AvgIpc) is 2.60. The van der Waals surface area contributed by atoms with E-state index in [-0.39, 0.29) is 6.61 Å². The fourth-order valence-electron chi connectivity index (χ4n) is 1.97. The van der Waals surface area contributed by atoms with Crippen LogP contribution in [-0.4, -0.2) is 32.5 Å². The van der Waals surface area contributed by atoms with Crippen LogP contribution in [0.3, 0.4) is 0 Å². The van der Waals surface area contributed by atoms with Crippen molar-refractivity contribution in [2.24, 2.45) is 15.7 Å². The van der Waals surface area contributed by atoms with Crippen molar-refractivity contribution in [1.29, 1.82) is 0 Å². The van der Waals surface area contributed by atoms with Gasteiger partial charge in [0.2, 0.25) is 0 Å². The standard InChI is InChI=1S/C17H20FN4OP/c1-20-15-7-2-12(10-16(15)24)17(19)22-11-21-13-3-5-14(6-4-13)23-9-8-18/h2-7,10-11,20H,8-9,24H2,1H3,(H2,19,21,22). The van der Waals surface area contributed by atoms with E-state index in [1.54, 1.807) is 24.3 Å². The molecule has 0 fully saturated rings. The zero-order valence-corrected chi connectivity index (χ0v) is 14.5. The van der Waals surface area contributed by atoms with Crippen LogP contribution < -0.4 is 21.1 Å². The minimum atomic E-state index is -0.513. The monoisotopic (exact) mass is 346 g/mol. The maximum absolute atomic E-state index is 12.0. The van der Waals surface area contributed by atoms with E-state index in [0.29, 0.717) is 17.3 Å². The van der Waals surface area contributed by atoms with Gasteiger partial charge in [0.1, 0.15) is 31.2 Å². The Labute approximate surface area is 143 Å². The van der Waals surface area contributed by atoms with Crippen molar-refractivity contribution in [3.63, 3.8) is 0 Å². The summed E-state index contributed by atoms with van der Waals surface area (Å²) < 4.78 is 17.2. The molecule has 3 N–H and O–H groups in total. The first-order chi connectivity index (χ1) is 11.6. The third-order valence-corrected chi connectivity index (χ3v) is 3.68. The highest BCUT2D eigenvalue weighted by molar-refractivity contribution is 7.28. The highest BCUT2D eigenvalue weighted by Crippen LogP contribution is 2.17. The predicted molar refractivity (Wildman–Crippen MR) is 102 cm³/mol. The van der Waals surface area contributed by atoms with E-state index >= 15 is 0 Å². The first-order valence-electron chi connectivity index (χ1n) is 7.36. The van der Waals surface area contributed by atoms with Crippen LogP contribution in [0.25, 0.3) is 0 Å². The molecular formula is C17H20FN4OP. The normalized spacial score (nSPS) is 11.7. The number of anilines is 1. The molecule has 2 aromatic rings. The van der Waals surface area contributed by atoms with Gasteiger partial charge in [-0.1, -0.05) is 0 Å². The molecule has 2 rings (SSSR count). The third-order valence-electron chi connectivity index (χ3n) is 3.20. The summed E-state index contributed by atoms with van der Waals surface area (Å²) in [5.41, 5.74) is 8.51. The van der Waals surface area contributed by atoms with E-state index in [1.165, 1.54) is 6.34 Å². The summed E-state index contributed by atoms with van der Waals surface area (Å²) in [5.74, 6) is 0.986. The fourth-order valence-corrected chi connectivity index (χ4v) is 2.39. The topological polar surface area (TPSA) is 72.0 Å². The van der Waals surface area contributed by atoms with E-state index in [4.69, 9.17) is 10.5 Å². The van der Waals surface area contributed by atoms with Gasteiger partial charge in [-0.3, -0.25) is 0 Å². The molecule has 0 saturated carbocycles. The van der Waals surface area contributed by atoms with Gasteiger partial charge in [-0.15, -0.1) is 9.24 Å². The molecule has 7 heteroatoms. The first-order valence-corrected chi connectivity index (χ1v) is 7.94. The number of aliphatic imine (C=N–C) groups is 2. The van der Waals surface area contributed by atoms with Crippen molar-refractivity contribution in [3.05, 3.63) is 48.0 Å². The SMILES string of the molecule is CNc1ccc(C(N)=NC=Nc2ccc(OCCF)cc2)cc1P. The van der Waals surface area contributed by atoms with Crippen LogP contribution in [0, 0.1) is 0 Å². The number of alkyl halides is 1. The summed E-state index contributed by atoms with van der Waals surface area (Å²) in [5, 5.41) is 4.09. The lowest BCUT2D eigenvalue weighted by Gasteiger charge is -2.06. The highest BCUT2D eigenvalue weighted by atomic mass is 31.0. The highest BCUT2D eigenvalue weighted by Gasteiger charge is 2.01. The largest absolute Gasteiger partial charge is 0.491 e. The number of nitrogens with zero attached hydrogens (tertiary/aromatic N) is 2. The molecule has 0 amide bonds. The molecule has 24 heavy (non-hydrogen) atoms. The van der Waals surface area contributed by atoms with Gasteiger partial charge in [0.25, 0.3) is 0 Å². The Balaban J connectivity index is 2.03. The number of ether oxygens (including phenoxy) is 1. The minimum absolute atomic E-state index is 0.0491. The lowest BCUT2D eigenvalue weighted by molar-refractivity contribution is 0.273.